The molecule has 3 aliphatic rings. The molecule has 0 amide bonds. The van der Waals surface area contributed by atoms with Crippen molar-refractivity contribution in [3.8, 4) is 11.5 Å². The van der Waals surface area contributed by atoms with Crippen molar-refractivity contribution < 1.29 is 18.3 Å². The molecule has 1 fully saturated rings. The zero-order valence-corrected chi connectivity index (χ0v) is 16.2. The number of hydrogen-bond acceptors (Lipinski definition) is 5. The summed E-state index contributed by atoms with van der Waals surface area (Å²) in [6.45, 7) is -0.914. The highest BCUT2D eigenvalue weighted by atomic mass is 19.3. The zero-order valence-electron chi connectivity index (χ0n) is 16.2. The van der Waals surface area contributed by atoms with Crippen molar-refractivity contribution in [1.82, 2.24) is 9.91 Å². The lowest BCUT2D eigenvalue weighted by Crippen LogP contribution is -2.58. The largest absolute Gasteiger partial charge is 0.466 e. The Balaban J connectivity index is 1.49. The van der Waals surface area contributed by atoms with Crippen LogP contribution in [0.2, 0.25) is 0 Å². The number of piperidine rings is 1. The summed E-state index contributed by atoms with van der Waals surface area (Å²) in [6.07, 6.45) is 2.52. The first-order valence-electron chi connectivity index (χ1n) is 9.93. The van der Waals surface area contributed by atoms with Crippen LogP contribution in [0.25, 0.3) is 0 Å². The molecule has 0 bridgehead atoms. The molecule has 152 valence electrons. The third-order valence-corrected chi connectivity index (χ3v) is 6.09. The predicted octanol–water partition coefficient (Wildman–Crippen LogP) is 4.25. The maximum Gasteiger partial charge on any atom is 0.387 e. The van der Waals surface area contributed by atoms with Gasteiger partial charge < -0.3 is 14.4 Å². The highest BCUT2D eigenvalue weighted by Gasteiger charge is 2.51. The fourth-order valence-electron chi connectivity index (χ4n) is 4.53. The number of hydrazone groups is 1. The van der Waals surface area contributed by atoms with Crippen molar-refractivity contribution in [2.75, 3.05) is 20.1 Å². The normalized spacial score (nSPS) is 22.8. The molecule has 7 heteroatoms. The van der Waals surface area contributed by atoms with Crippen LogP contribution in [0.4, 0.5) is 8.78 Å². The van der Waals surface area contributed by atoms with Gasteiger partial charge >= 0.3 is 6.61 Å². The topological polar surface area (TPSA) is 37.3 Å². The van der Waals surface area contributed by atoms with Crippen LogP contribution in [0.1, 0.15) is 36.4 Å². The second kappa shape index (κ2) is 6.99. The van der Waals surface area contributed by atoms with E-state index in [-0.39, 0.29) is 11.8 Å². The second-order valence-corrected chi connectivity index (χ2v) is 7.90. The second-order valence-electron chi connectivity index (χ2n) is 7.90. The molecule has 1 saturated heterocycles. The lowest BCUT2D eigenvalue weighted by molar-refractivity contribution is -0.147. The third kappa shape index (κ3) is 3.23. The first-order valence-corrected chi connectivity index (χ1v) is 9.93. The van der Waals surface area contributed by atoms with Crippen molar-refractivity contribution in [3.05, 3.63) is 59.7 Å². The Labute approximate surface area is 168 Å². The van der Waals surface area contributed by atoms with Crippen LogP contribution < -0.4 is 9.47 Å². The number of nitrogens with zero attached hydrogens (tertiary/aromatic N) is 3. The molecule has 29 heavy (non-hydrogen) atoms. The number of rotatable bonds is 3. The molecular formula is C22H23F2N3O2. The SMILES string of the molecule is CN1CCC2(CC1)Oc1ccccc1C1CC(c3ccc(OC(F)F)cc3)=NN12. The molecule has 5 nitrogen and oxygen atoms in total. The Morgan fingerprint density at radius 3 is 2.55 bits per heavy atom. The lowest BCUT2D eigenvalue weighted by atomic mass is 9.91. The smallest absolute Gasteiger partial charge is 0.387 e. The molecule has 0 saturated carbocycles. The van der Waals surface area contributed by atoms with E-state index >= 15 is 0 Å². The standard InChI is InChI=1S/C22H23F2N3O2/c1-26-12-10-22(11-13-26)27-19(17-4-2-3-5-20(17)29-22)14-18(25-27)15-6-8-16(9-7-15)28-21(23)24/h2-9,19,21H,10-14H2,1H3. The molecule has 0 N–H and O–H groups in total. The number of halogens is 2. The van der Waals surface area contributed by atoms with E-state index in [1.165, 1.54) is 0 Å². The molecule has 1 atom stereocenters. The van der Waals surface area contributed by atoms with Crippen LogP contribution in [-0.4, -0.2) is 48.1 Å². The summed E-state index contributed by atoms with van der Waals surface area (Å²) in [5, 5.41) is 7.14. The summed E-state index contributed by atoms with van der Waals surface area (Å²) in [5.41, 5.74) is 2.57. The van der Waals surface area contributed by atoms with Crippen LogP contribution in [0.5, 0.6) is 11.5 Å². The average molecular weight is 399 g/mol. The third-order valence-electron chi connectivity index (χ3n) is 6.09. The Morgan fingerprint density at radius 2 is 1.83 bits per heavy atom. The Hall–Kier alpha value is -2.67. The van der Waals surface area contributed by atoms with Crippen LogP contribution in [-0.2, 0) is 0 Å². The highest BCUT2D eigenvalue weighted by molar-refractivity contribution is 6.02. The van der Waals surface area contributed by atoms with Crippen LogP contribution in [0, 0.1) is 0 Å². The molecular weight excluding hydrogens is 376 g/mol. The number of benzene rings is 2. The molecule has 2 aromatic rings. The van der Waals surface area contributed by atoms with E-state index in [4.69, 9.17) is 9.84 Å². The van der Waals surface area contributed by atoms with Gasteiger partial charge in [0.25, 0.3) is 0 Å². The van der Waals surface area contributed by atoms with E-state index in [1.54, 1.807) is 24.3 Å². The summed E-state index contributed by atoms with van der Waals surface area (Å²) in [5.74, 6) is 1.09. The fourth-order valence-corrected chi connectivity index (χ4v) is 4.53. The molecule has 0 radical (unpaired) electrons. The van der Waals surface area contributed by atoms with Gasteiger partial charge in [-0.15, -0.1) is 0 Å². The van der Waals surface area contributed by atoms with E-state index in [0.717, 1.165) is 54.9 Å². The van der Waals surface area contributed by atoms with Gasteiger partial charge in [-0.05, 0) is 42.9 Å². The number of hydrogen-bond donors (Lipinski definition) is 0. The van der Waals surface area contributed by atoms with E-state index in [1.807, 2.05) is 18.2 Å². The zero-order chi connectivity index (χ0) is 20.0. The summed E-state index contributed by atoms with van der Waals surface area (Å²) in [6, 6.07) is 15.0. The predicted molar refractivity (Wildman–Crippen MR) is 105 cm³/mol. The van der Waals surface area contributed by atoms with E-state index in [0.29, 0.717) is 0 Å². The number of fused-ring (bicyclic) bond motifs is 4. The summed E-state index contributed by atoms with van der Waals surface area (Å²) >= 11 is 0. The Bertz CT molecular complexity index is 924. The minimum atomic E-state index is -2.82. The van der Waals surface area contributed by atoms with Gasteiger partial charge in [-0.3, -0.25) is 0 Å². The van der Waals surface area contributed by atoms with Crippen molar-refractivity contribution in [1.29, 1.82) is 0 Å². The van der Waals surface area contributed by atoms with Gasteiger partial charge in [-0.2, -0.15) is 13.9 Å². The van der Waals surface area contributed by atoms with Crippen molar-refractivity contribution in [2.24, 2.45) is 5.10 Å². The van der Waals surface area contributed by atoms with Crippen LogP contribution in [0.15, 0.2) is 53.6 Å². The minimum absolute atomic E-state index is 0.121. The van der Waals surface area contributed by atoms with Gasteiger partial charge in [-0.1, -0.05) is 18.2 Å². The minimum Gasteiger partial charge on any atom is -0.466 e. The Morgan fingerprint density at radius 1 is 1.10 bits per heavy atom. The first-order chi connectivity index (χ1) is 14.0. The number of likely N-dealkylation sites (tertiary alicyclic amines) is 1. The Kier molecular flexibility index (Phi) is 4.42. The van der Waals surface area contributed by atoms with E-state index in [9.17, 15) is 8.78 Å². The lowest BCUT2D eigenvalue weighted by Gasteiger charge is -2.50. The molecule has 5 rings (SSSR count). The molecule has 0 aliphatic carbocycles. The van der Waals surface area contributed by atoms with Gasteiger partial charge in [0.15, 0.2) is 0 Å². The number of ether oxygens (including phenoxy) is 2. The van der Waals surface area contributed by atoms with Gasteiger partial charge in [0.2, 0.25) is 5.72 Å². The molecule has 3 aliphatic heterocycles. The van der Waals surface area contributed by atoms with Gasteiger partial charge in [-0.25, -0.2) is 5.01 Å². The van der Waals surface area contributed by atoms with Gasteiger partial charge in [0.05, 0.1) is 11.8 Å². The maximum absolute atomic E-state index is 12.4. The van der Waals surface area contributed by atoms with Crippen LogP contribution in [0.3, 0.4) is 0 Å². The number of alkyl halides is 2. The van der Waals surface area contributed by atoms with Crippen molar-refractivity contribution in [3.63, 3.8) is 0 Å². The molecule has 2 aromatic carbocycles. The molecule has 3 heterocycles. The first kappa shape index (κ1) is 18.4. The van der Waals surface area contributed by atoms with E-state index < -0.39 is 12.3 Å². The quantitative estimate of drug-likeness (QED) is 0.773. The summed E-state index contributed by atoms with van der Waals surface area (Å²) in [7, 11) is 2.13. The van der Waals surface area contributed by atoms with Gasteiger partial charge in [0, 0.05) is 37.9 Å². The van der Waals surface area contributed by atoms with Crippen molar-refractivity contribution >= 4 is 5.71 Å². The maximum atomic E-state index is 12.4. The summed E-state index contributed by atoms with van der Waals surface area (Å²) in [4.78, 5) is 2.31. The van der Waals surface area contributed by atoms with Crippen LogP contribution >= 0.6 is 0 Å². The monoisotopic (exact) mass is 399 g/mol. The van der Waals surface area contributed by atoms with E-state index in [2.05, 4.69) is 27.8 Å². The summed E-state index contributed by atoms with van der Waals surface area (Å²) < 4.78 is 35.9. The van der Waals surface area contributed by atoms with Crippen molar-refractivity contribution in [2.45, 2.75) is 37.6 Å². The molecule has 1 unspecified atom stereocenters. The molecule has 0 aromatic heterocycles. The van der Waals surface area contributed by atoms with Gasteiger partial charge in [0.1, 0.15) is 11.5 Å². The highest BCUT2D eigenvalue weighted by Crippen LogP contribution is 2.49. The average Bonchev–Trinajstić information content (AvgIpc) is 3.17. The molecule has 1 spiro atoms. The fraction of sp³-hybridized carbons (Fsp3) is 0.409. The number of para-hydroxylation sites is 1.